The quantitative estimate of drug-likeness (QED) is 0.100. The summed E-state index contributed by atoms with van der Waals surface area (Å²) < 4.78 is 6.42. The number of urea groups is 1. The van der Waals surface area contributed by atoms with Crippen molar-refractivity contribution >= 4 is 29.5 Å². The van der Waals surface area contributed by atoms with Gasteiger partial charge in [-0.05, 0) is 77.7 Å². The van der Waals surface area contributed by atoms with Gasteiger partial charge < -0.3 is 20.9 Å². The second-order valence-corrected chi connectivity index (χ2v) is 16.7. The number of nitrogens with one attached hydrogen (secondary N) is 1. The fourth-order valence-corrected chi connectivity index (χ4v) is 9.97. The summed E-state index contributed by atoms with van der Waals surface area (Å²) >= 11 is 0. The van der Waals surface area contributed by atoms with Crippen molar-refractivity contribution in [2.24, 2.45) is 11.7 Å². The fourth-order valence-electron chi connectivity index (χ4n) is 9.97. The Morgan fingerprint density at radius 3 is 2.05 bits per heavy atom. The number of ether oxygens (including phenoxy) is 1. The van der Waals surface area contributed by atoms with Crippen LogP contribution in [0.5, 0.6) is 5.75 Å². The highest BCUT2D eigenvalue weighted by molar-refractivity contribution is 6.24. The number of phenols is 1. The summed E-state index contributed by atoms with van der Waals surface area (Å²) in [5.41, 5.74) is 9.52. The number of carbonyl (C=O) groups excluding carboxylic acids is 4. The number of aromatic hydroxyl groups is 1. The van der Waals surface area contributed by atoms with E-state index in [0.717, 1.165) is 21.6 Å². The van der Waals surface area contributed by atoms with Crippen molar-refractivity contribution in [1.82, 2.24) is 15.1 Å². The number of primary amides is 1. The summed E-state index contributed by atoms with van der Waals surface area (Å²) in [6, 6.07) is 45.3. The van der Waals surface area contributed by atoms with Gasteiger partial charge in [0.1, 0.15) is 23.3 Å². The molecule has 0 saturated carbocycles. The van der Waals surface area contributed by atoms with Crippen LogP contribution in [0.2, 0.25) is 0 Å². The monoisotopic (exact) mass is 849 g/mol. The van der Waals surface area contributed by atoms with E-state index in [0.29, 0.717) is 35.3 Å². The Bertz CT molecular complexity index is 2760. The molecule has 6 aromatic rings. The Labute approximate surface area is 372 Å². The van der Waals surface area contributed by atoms with Crippen LogP contribution in [0.25, 0.3) is 0 Å². The van der Waals surface area contributed by atoms with E-state index in [-0.39, 0.29) is 11.4 Å². The number of amides is 4. The SMILES string of the molecule is C[C@@H](NC(=O)N1C(=O)[C@@]2(c3cc(C#CCN(C)Cc4ccccc4)ccc31)[C@H](C(N)=O)[C@H]1C(=O)O[C@H](c3ccccc3)[C@H](c3ccccc3)N1[C@@H]2c1ccc(O)cc1)c1ccccc1. The zero-order valence-corrected chi connectivity index (χ0v) is 35.4. The number of morpholine rings is 1. The molecule has 7 atom stereocenters. The van der Waals surface area contributed by atoms with Crippen LogP contribution < -0.4 is 16.0 Å². The van der Waals surface area contributed by atoms with Gasteiger partial charge in [0.15, 0.2) is 0 Å². The van der Waals surface area contributed by atoms with Crippen molar-refractivity contribution in [1.29, 1.82) is 0 Å². The summed E-state index contributed by atoms with van der Waals surface area (Å²) in [4.78, 5) is 65.4. The van der Waals surface area contributed by atoms with Crippen molar-refractivity contribution in [2.45, 2.75) is 49.2 Å². The molecular formula is C53H47N5O6. The van der Waals surface area contributed by atoms with E-state index < -0.39 is 65.4 Å². The molecule has 6 aromatic carbocycles. The molecule has 2 saturated heterocycles. The second-order valence-electron chi connectivity index (χ2n) is 16.7. The van der Waals surface area contributed by atoms with E-state index in [4.69, 9.17) is 10.5 Å². The second kappa shape index (κ2) is 17.3. The Morgan fingerprint density at radius 1 is 0.797 bits per heavy atom. The molecule has 9 rings (SSSR count). The first-order valence-electron chi connectivity index (χ1n) is 21.3. The summed E-state index contributed by atoms with van der Waals surface area (Å²) in [6.07, 6.45) is -0.886. The Balaban J connectivity index is 1.26. The lowest BCUT2D eigenvalue weighted by Crippen LogP contribution is -2.55. The maximum absolute atomic E-state index is 16.1. The Kier molecular flexibility index (Phi) is 11.3. The van der Waals surface area contributed by atoms with Gasteiger partial charge in [-0.3, -0.25) is 24.2 Å². The molecule has 0 radical (unpaired) electrons. The number of imide groups is 1. The highest BCUT2D eigenvalue weighted by Gasteiger charge is 2.75. The van der Waals surface area contributed by atoms with Gasteiger partial charge in [-0.2, -0.15) is 0 Å². The number of cyclic esters (lactones) is 1. The van der Waals surface area contributed by atoms with Crippen LogP contribution in [-0.4, -0.2) is 58.4 Å². The van der Waals surface area contributed by atoms with Gasteiger partial charge in [0.05, 0.1) is 36.3 Å². The average molecular weight is 850 g/mol. The van der Waals surface area contributed by atoms with Gasteiger partial charge in [-0.25, -0.2) is 9.69 Å². The first-order chi connectivity index (χ1) is 31.1. The van der Waals surface area contributed by atoms with E-state index in [1.165, 1.54) is 12.1 Å². The number of hydrogen-bond donors (Lipinski definition) is 3. The predicted octanol–water partition coefficient (Wildman–Crippen LogP) is 7.50. The van der Waals surface area contributed by atoms with E-state index >= 15 is 4.79 Å². The van der Waals surface area contributed by atoms with Crippen LogP contribution in [0.1, 0.15) is 70.1 Å². The molecule has 3 aliphatic rings. The number of esters is 1. The molecule has 3 heterocycles. The lowest BCUT2D eigenvalue weighted by atomic mass is 9.65. The molecular weight excluding hydrogens is 803 g/mol. The number of benzene rings is 6. The lowest BCUT2D eigenvalue weighted by Gasteiger charge is -2.46. The third-order valence-electron chi connectivity index (χ3n) is 12.7. The highest BCUT2D eigenvalue weighted by Crippen LogP contribution is 2.65. The molecule has 0 aromatic heterocycles. The first kappa shape index (κ1) is 41.8. The van der Waals surface area contributed by atoms with Crippen LogP contribution >= 0.6 is 0 Å². The number of phenolic OH excluding ortho intramolecular Hbond substituents is 1. The summed E-state index contributed by atoms with van der Waals surface area (Å²) in [7, 11) is 1.98. The molecule has 2 fully saturated rings. The van der Waals surface area contributed by atoms with Crippen LogP contribution in [0.15, 0.2) is 164 Å². The third kappa shape index (κ3) is 7.36. The molecule has 11 heteroatoms. The number of hydrogen-bond acceptors (Lipinski definition) is 8. The van der Waals surface area contributed by atoms with E-state index in [9.17, 15) is 19.5 Å². The van der Waals surface area contributed by atoms with Crippen LogP contribution in [0, 0.1) is 17.8 Å². The molecule has 320 valence electrons. The average Bonchev–Trinajstić information content (AvgIpc) is 3.77. The van der Waals surface area contributed by atoms with Gasteiger partial charge >= 0.3 is 12.0 Å². The Hall–Kier alpha value is -7.52. The normalized spacial score (nSPS) is 22.9. The van der Waals surface area contributed by atoms with Crippen molar-refractivity contribution in [2.75, 3.05) is 18.5 Å². The molecule has 11 nitrogen and oxygen atoms in total. The summed E-state index contributed by atoms with van der Waals surface area (Å²) in [6.45, 7) is 2.92. The molecule has 64 heavy (non-hydrogen) atoms. The summed E-state index contributed by atoms with van der Waals surface area (Å²) in [5.74, 6) is 2.58. The maximum atomic E-state index is 16.1. The van der Waals surface area contributed by atoms with Crippen molar-refractivity contribution in [3.63, 3.8) is 0 Å². The van der Waals surface area contributed by atoms with Gasteiger partial charge in [-0.15, -0.1) is 0 Å². The van der Waals surface area contributed by atoms with E-state index in [2.05, 4.69) is 34.2 Å². The molecule has 0 aliphatic carbocycles. The number of carbonyl (C=O) groups is 4. The Morgan fingerprint density at radius 2 is 1.41 bits per heavy atom. The molecule has 0 unspecified atom stereocenters. The van der Waals surface area contributed by atoms with Gasteiger partial charge in [0.2, 0.25) is 11.8 Å². The smallest absolute Gasteiger partial charge is 0.329 e. The molecule has 4 N–H and O–H groups in total. The molecule has 4 amide bonds. The molecule has 0 bridgehead atoms. The molecule has 3 aliphatic heterocycles. The zero-order chi connectivity index (χ0) is 44.5. The van der Waals surface area contributed by atoms with Crippen molar-refractivity contribution < 1.29 is 29.0 Å². The van der Waals surface area contributed by atoms with Gasteiger partial charge in [-0.1, -0.05) is 145 Å². The lowest BCUT2D eigenvalue weighted by molar-refractivity contribution is -0.178. The zero-order valence-electron chi connectivity index (χ0n) is 35.4. The van der Waals surface area contributed by atoms with Crippen molar-refractivity contribution in [3.8, 4) is 17.6 Å². The number of anilines is 1. The number of nitrogens with two attached hydrogens (primary N) is 1. The van der Waals surface area contributed by atoms with Crippen LogP contribution in [0.3, 0.4) is 0 Å². The fraction of sp³-hybridized carbons (Fsp3) is 0.208. The van der Waals surface area contributed by atoms with Crippen LogP contribution in [-0.2, 0) is 31.1 Å². The predicted molar refractivity (Wildman–Crippen MR) is 242 cm³/mol. The minimum Gasteiger partial charge on any atom is -0.508 e. The first-order valence-corrected chi connectivity index (χ1v) is 21.3. The van der Waals surface area contributed by atoms with Crippen molar-refractivity contribution in [3.05, 3.63) is 203 Å². The largest absolute Gasteiger partial charge is 0.508 e. The number of nitrogens with zero attached hydrogens (tertiary/aromatic N) is 3. The number of rotatable bonds is 9. The van der Waals surface area contributed by atoms with Gasteiger partial charge in [0, 0.05) is 12.1 Å². The van der Waals surface area contributed by atoms with Gasteiger partial charge in [0.25, 0.3) is 0 Å². The molecule has 1 spiro atoms. The topological polar surface area (TPSA) is 146 Å². The third-order valence-corrected chi connectivity index (χ3v) is 12.7. The number of fused-ring (bicyclic) bond motifs is 3. The minimum atomic E-state index is -1.99. The highest BCUT2D eigenvalue weighted by atomic mass is 16.6. The van der Waals surface area contributed by atoms with Crippen LogP contribution in [0.4, 0.5) is 10.5 Å². The minimum absolute atomic E-state index is 0.0255. The standard InChI is InChI=1S/C53H47N5O6/c1-34(37-19-9-4-10-20-37)55-52(63)57-43-30-25-35(18-15-31-56(2)33-36-16-7-3-8-17-36)32-42(43)53(51(57)62)44(49(54)60)46-50(61)64-47(39-23-13-6-14-24-39)45(38-21-11-5-12-22-38)58(46)48(53)40-26-28-41(59)29-27-40/h3-14,16-17,19-30,32,34,44-48,59H,31,33H2,1-2H3,(H2,54,60)(H,55,63)/t34-,44+,45+,46+,47-,48-,53+/m1/s1. The summed E-state index contributed by atoms with van der Waals surface area (Å²) in [5, 5.41) is 13.6. The van der Waals surface area contributed by atoms with E-state index in [1.807, 2.05) is 128 Å². The van der Waals surface area contributed by atoms with E-state index in [1.54, 1.807) is 30.3 Å². The maximum Gasteiger partial charge on any atom is 0.329 e.